The van der Waals surface area contributed by atoms with E-state index in [-0.39, 0.29) is 10.6 Å². The molecule has 0 unspecified atom stereocenters. The Hall–Kier alpha value is -2.08. The standard InChI is InChI=1S/C14H9ClF3N3/c1-8-4-12(21-13(5-8)19-7-20-21)10-6-9(14(16,17)18)2-3-11(10)15/h2-7H,1H3. The molecule has 0 aliphatic heterocycles. The van der Waals surface area contributed by atoms with Gasteiger partial charge in [-0.05, 0) is 42.8 Å². The molecular weight excluding hydrogens is 303 g/mol. The van der Waals surface area contributed by atoms with E-state index in [1.54, 1.807) is 12.1 Å². The van der Waals surface area contributed by atoms with Gasteiger partial charge in [-0.15, -0.1) is 0 Å². The first kappa shape index (κ1) is 13.9. The highest BCUT2D eigenvalue weighted by atomic mass is 35.5. The van der Waals surface area contributed by atoms with E-state index < -0.39 is 11.7 Å². The van der Waals surface area contributed by atoms with Crippen LogP contribution in [-0.4, -0.2) is 14.6 Å². The smallest absolute Gasteiger partial charge is 0.215 e. The Morgan fingerprint density at radius 3 is 2.62 bits per heavy atom. The number of aromatic nitrogens is 3. The fourth-order valence-corrected chi connectivity index (χ4v) is 2.36. The molecule has 3 rings (SSSR count). The molecule has 108 valence electrons. The third-order valence-corrected chi connectivity index (χ3v) is 3.42. The van der Waals surface area contributed by atoms with E-state index in [4.69, 9.17) is 11.6 Å². The maximum atomic E-state index is 12.9. The van der Waals surface area contributed by atoms with Crippen molar-refractivity contribution in [3.63, 3.8) is 0 Å². The summed E-state index contributed by atoms with van der Waals surface area (Å²) in [6.07, 6.45) is -3.08. The minimum absolute atomic E-state index is 0.227. The Balaban J connectivity index is 2.30. The summed E-state index contributed by atoms with van der Waals surface area (Å²) in [5.74, 6) is 0. The van der Waals surface area contributed by atoms with Crippen molar-refractivity contribution in [3.05, 3.63) is 52.8 Å². The van der Waals surface area contributed by atoms with E-state index in [0.29, 0.717) is 11.3 Å². The molecule has 0 spiro atoms. The zero-order valence-electron chi connectivity index (χ0n) is 10.8. The number of alkyl halides is 3. The molecule has 2 heterocycles. The number of nitrogens with zero attached hydrogens (tertiary/aromatic N) is 3. The van der Waals surface area contributed by atoms with Gasteiger partial charge in [-0.25, -0.2) is 9.50 Å². The van der Waals surface area contributed by atoms with Crippen LogP contribution < -0.4 is 0 Å². The molecule has 0 bridgehead atoms. The number of aryl methyl sites for hydroxylation is 1. The van der Waals surface area contributed by atoms with Gasteiger partial charge in [-0.2, -0.15) is 18.3 Å². The summed E-state index contributed by atoms with van der Waals surface area (Å²) in [6.45, 7) is 1.83. The topological polar surface area (TPSA) is 30.2 Å². The fraction of sp³-hybridized carbons (Fsp3) is 0.143. The zero-order chi connectivity index (χ0) is 15.2. The molecule has 0 atom stereocenters. The molecule has 0 fully saturated rings. The predicted molar refractivity (Wildman–Crippen MR) is 73.2 cm³/mol. The van der Waals surface area contributed by atoms with Crippen LogP contribution in [0.2, 0.25) is 5.02 Å². The van der Waals surface area contributed by atoms with E-state index >= 15 is 0 Å². The van der Waals surface area contributed by atoms with Gasteiger partial charge in [0.15, 0.2) is 5.65 Å². The maximum Gasteiger partial charge on any atom is 0.416 e. The maximum absolute atomic E-state index is 12.9. The first-order chi connectivity index (χ1) is 9.86. The molecule has 1 aromatic carbocycles. The number of fused-ring (bicyclic) bond motifs is 1. The first-order valence-electron chi connectivity index (χ1n) is 6.04. The molecule has 7 heteroatoms. The van der Waals surface area contributed by atoms with Crippen molar-refractivity contribution in [2.75, 3.05) is 0 Å². The molecule has 0 amide bonds. The zero-order valence-corrected chi connectivity index (χ0v) is 11.6. The van der Waals surface area contributed by atoms with Gasteiger partial charge in [-0.3, -0.25) is 0 Å². The lowest BCUT2D eigenvalue weighted by Gasteiger charge is -2.12. The summed E-state index contributed by atoms with van der Waals surface area (Å²) in [5.41, 5.74) is 1.40. The van der Waals surface area contributed by atoms with Gasteiger partial charge in [0, 0.05) is 10.6 Å². The summed E-state index contributed by atoms with van der Waals surface area (Å²) in [5, 5.41) is 4.26. The number of pyridine rings is 1. The lowest BCUT2D eigenvalue weighted by molar-refractivity contribution is -0.137. The van der Waals surface area contributed by atoms with Crippen molar-refractivity contribution in [1.82, 2.24) is 14.6 Å². The number of halogens is 4. The SMILES string of the molecule is Cc1cc(-c2cc(C(F)(F)F)ccc2Cl)n2ncnc2c1. The molecule has 0 aliphatic rings. The molecule has 0 radical (unpaired) electrons. The van der Waals surface area contributed by atoms with Crippen LogP contribution in [0, 0.1) is 6.92 Å². The average molecular weight is 312 g/mol. The highest BCUT2D eigenvalue weighted by molar-refractivity contribution is 6.33. The van der Waals surface area contributed by atoms with Crippen LogP contribution in [0.4, 0.5) is 13.2 Å². The summed E-state index contributed by atoms with van der Waals surface area (Å²) >= 11 is 6.07. The molecule has 2 aromatic heterocycles. The molecule has 0 saturated carbocycles. The molecular formula is C14H9ClF3N3. The van der Waals surface area contributed by atoms with E-state index in [9.17, 15) is 13.2 Å². The summed E-state index contributed by atoms with van der Waals surface area (Å²) in [4.78, 5) is 4.05. The minimum atomic E-state index is -4.43. The lowest BCUT2D eigenvalue weighted by atomic mass is 10.1. The minimum Gasteiger partial charge on any atom is -0.215 e. The van der Waals surface area contributed by atoms with Gasteiger partial charge in [0.05, 0.1) is 11.3 Å². The van der Waals surface area contributed by atoms with Crippen LogP contribution in [0.1, 0.15) is 11.1 Å². The van der Waals surface area contributed by atoms with E-state index in [0.717, 1.165) is 17.7 Å². The van der Waals surface area contributed by atoms with Crippen LogP contribution in [-0.2, 0) is 6.18 Å². The third kappa shape index (κ3) is 2.47. The summed E-state index contributed by atoms with van der Waals surface area (Å²) < 4.78 is 40.1. The highest BCUT2D eigenvalue weighted by Gasteiger charge is 2.31. The quantitative estimate of drug-likeness (QED) is 0.667. The van der Waals surface area contributed by atoms with Crippen molar-refractivity contribution in [3.8, 4) is 11.3 Å². The predicted octanol–water partition coefficient (Wildman–Crippen LogP) is 4.38. The van der Waals surface area contributed by atoms with Crippen LogP contribution in [0.3, 0.4) is 0 Å². The molecule has 3 nitrogen and oxygen atoms in total. The monoisotopic (exact) mass is 311 g/mol. The van der Waals surface area contributed by atoms with Crippen molar-refractivity contribution in [1.29, 1.82) is 0 Å². The molecule has 21 heavy (non-hydrogen) atoms. The van der Waals surface area contributed by atoms with Crippen LogP contribution >= 0.6 is 11.6 Å². The number of rotatable bonds is 1. The normalized spacial score (nSPS) is 12.0. The van der Waals surface area contributed by atoms with Crippen molar-refractivity contribution >= 4 is 17.2 Å². The second-order valence-electron chi connectivity index (χ2n) is 4.64. The first-order valence-corrected chi connectivity index (χ1v) is 6.41. The van der Waals surface area contributed by atoms with Crippen LogP contribution in [0.5, 0.6) is 0 Å². The van der Waals surface area contributed by atoms with Crippen molar-refractivity contribution in [2.45, 2.75) is 13.1 Å². The van der Waals surface area contributed by atoms with E-state index in [1.807, 2.05) is 6.92 Å². The van der Waals surface area contributed by atoms with Crippen molar-refractivity contribution < 1.29 is 13.2 Å². The van der Waals surface area contributed by atoms with Crippen LogP contribution in [0.25, 0.3) is 16.9 Å². The van der Waals surface area contributed by atoms with Gasteiger partial charge in [0.2, 0.25) is 0 Å². The van der Waals surface area contributed by atoms with Crippen molar-refractivity contribution in [2.24, 2.45) is 0 Å². The Morgan fingerprint density at radius 2 is 1.90 bits per heavy atom. The van der Waals surface area contributed by atoms with E-state index in [1.165, 1.54) is 16.9 Å². The molecule has 0 N–H and O–H groups in total. The van der Waals surface area contributed by atoms with Gasteiger partial charge >= 0.3 is 6.18 Å². The Labute approximate surface area is 123 Å². The molecule has 0 saturated heterocycles. The Kier molecular flexibility index (Phi) is 3.13. The number of benzene rings is 1. The Bertz CT molecular complexity index is 824. The summed E-state index contributed by atoms with van der Waals surface area (Å²) in [7, 11) is 0. The second kappa shape index (κ2) is 4.73. The van der Waals surface area contributed by atoms with E-state index in [2.05, 4.69) is 10.1 Å². The van der Waals surface area contributed by atoms with Gasteiger partial charge < -0.3 is 0 Å². The number of hydrogen-bond acceptors (Lipinski definition) is 2. The number of hydrogen-bond donors (Lipinski definition) is 0. The average Bonchev–Trinajstić information content (AvgIpc) is 2.85. The lowest BCUT2D eigenvalue weighted by Crippen LogP contribution is -2.05. The molecule has 3 aromatic rings. The fourth-order valence-electron chi connectivity index (χ4n) is 2.15. The third-order valence-electron chi connectivity index (χ3n) is 3.09. The summed E-state index contributed by atoms with van der Waals surface area (Å²) in [6, 6.07) is 6.74. The molecule has 0 aliphatic carbocycles. The van der Waals surface area contributed by atoms with Gasteiger partial charge in [-0.1, -0.05) is 11.6 Å². The van der Waals surface area contributed by atoms with Gasteiger partial charge in [0.1, 0.15) is 6.33 Å². The van der Waals surface area contributed by atoms with Gasteiger partial charge in [0.25, 0.3) is 0 Å². The highest BCUT2D eigenvalue weighted by Crippen LogP contribution is 2.36. The largest absolute Gasteiger partial charge is 0.416 e. The van der Waals surface area contributed by atoms with Crippen LogP contribution in [0.15, 0.2) is 36.7 Å². The second-order valence-corrected chi connectivity index (χ2v) is 5.05. The Morgan fingerprint density at radius 1 is 1.14 bits per heavy atom.